The van der Waals surface area contributed by atoms with Crippen LogP contribution in [0.3, 0.4) is 0 Å². The summed E-state index contributed by atoms with van der Waals surface area (Å²) >= 11 is 6.16. The van der Waals surface area contributed by atoms with Crippen LogP contribution in [-0.4, -0.2) is 30.0 Å². The van der Waals surface area contributed by atoms with E-state index in [4.69, 9.17) is 26.1 Å². The Hall–Kier alpha value is -4.17. The second-order valence-corrected chi connectivity index (χ2v) is 7.42. The smallest absolute Gasteiger partial charge is 0.271 e. The van der Waals surface area contributed by atoms with E-state index >= 15 is 0 Å². The van der Waals surface area contributed by atoms with Gasteiger partial charge in [-0.05, 0) is 30.3 Å². The molecule has 0 aliphatic carbocycles. The van der Waals surface area contributed by atoms with Crippen molar-refractivity contribution in [3.8, 4) is 22.8 Å². The first kappa shape index (κ1) is 22.0. The Balaban J connectivity index is 1.80. The highest BCUT2D eigenvalue weighted by atomic mass is 35.5. The third kappa shape index (κ3) is 4.42. The number of carbonyl (C=O) groups excluding carboxylic acids is 1. The average Bonchev–Trinajstić information content (AvgIpc) is 2.83. The van der Waals surface area contributed by atoms with Gasteiger partial charge in [-0.15, -0.1) is 0 Å². The summed E-state index contributed by atoms with van der Waals surface area (Å²) in [5.74, 6) is 0.738. The number of hydrogen-bond donors (Lipinski definition) is 1. The van der Waals surface area contributed by atoms with Gasteiger partial charge < -0.3 is 14.8 Å². The molecule has 0 radical (unpaired) electrons. The highest BCUT2D eigenvalue weighted by Gasteiger charge is 2.18. The van der Waals surface area contributed by atoms with E-state index in [1.165, 1.54) is 18.2 Å². The monoisotopic (exact) mass is 463 g/mol. The van der Waals surface area contributed by atoms with Gasteiger partial charge in [0, 0.05) is 29.1 Å². The summed E-state index contributed by atoms with van der Waals surface area (Å²) in [6.07, 6.45) is 0. The molecule has 0 bridgehead atoms. The molecule has 9 heteroatoms. The lowest BCUT2D eigenvalue weighted by Gasteiger charge is -2.14. The molecule has 0 fully saturated rings. The molecule has 166 valence electrons. The molecular weight excluding hydrogens is 446 g/mol. The number of nitro groups is 1. The summed E-state index contributed by atoms with van der Waals surface area (Å²) in [6.45, 7) is 0. The minimum Gasteiger partial charge on any atom is -0.497 e. The fourth-order valence-corrected chi connectivity index (χ4v) is 3.64. The number of aromatic nitrogens is 1. The van der Waals surface area contributed by atoms with Crippen molar-refractivity contribution in [1.82, 2.24) is 4.98 Å². The maximum absolute atomic E-state index is 13.3. The molecule has 8 nitrogen and oxygen atoms in total. The Kier molecular flexibility index (Phi) is 6.10. The van der Waals surface area contributed by atoms with E-state index in [-0.39, 0.29) is 16.4 Å². The van der Waals surface area contributed by atoms with Crippen LogP contribution in [0.2, 0.25) is 5.02 Å². The molecule has 0 aliphatic rings. The van der Waals surface area contributed by atoms with E-state index in [2.05, 4.69) is 5.32 Å². The maximum atomic E-state index is 13.3. The van der Waals surface area contributed by atoms with Gasteiger partial charge in [0.05, 0.1) is 46.6 Å². The summed E-state index contributed by atoms with van der Waals surface area (Å²) in [7, 11) is 3.11. The van der Waals surface area contributed by atoms with Gasteiger partial charge in [-0.2, -0.15) is 0 Å². The van der Waals surface area contributed by atoms with Crippen molar-refractivity contribution >= 4 is 39.8 Å². The molecule has 4 aromatic rings. The molecule has 1 heterocycles. The van der Waals surface area contributed by atoms with Crippen LogP contribution >= 0.6 is 11.6 Å². The number of anilines is 1. The minimum atomic E-state index is -0.553. The molecule has 4 rings (SSSR count). The van der Waals surface area contributed by atoms with Crippen molar-refractivity contribution in [3.63, 3.8) is 0 Å². The van der Waals surface area contributed by atoms with Crippen molar-refractivity contribution in [3.05, 3.63) is 87.4 Å². The number of halogens is 1. The van der Waals surface area contributed by atoms with E-state index in [0.717, 1.165) is 0 Å². The number of fused-ring (bicyclic) bond motifs is 1. The zero-order chi connectivity index (χ0) is 23.5. The predicted octanol–water partition coefficient (Wildman–Crippen LogP) is 5.73. The molecule has 0 spiro atoms. The number of nitro benzene ring substituents is 1. The summed E-state index contributed by atoms with van der Waals surface area (Å²) in [5.41, 5.74) is 2.30. The fourth-order valence-electron chi connectivity index (χ4n) is 3.42. The van der Waals surface area contributed by atoms with E-state index in [1.54, 1.807) is 38.5 Å². The zero-order valence-electron chi connectivity index (χ0n) is 17.7. The third-order valence-electron chi connectivity index (χ3n) is 5.06. The number of methoxy groups -OCH3 is 2. The van der Waals surface area contributed by atoms with Crippen molar-refractivity contribution in [2.75, 3.05) is 19.5 Å². The van der Waals surface area contributed by atoms with Gasteiger partial charge in [0.15, 0.2) is 0 Å². The van der Waals surface area contributed by atoms with Crippen LogP contribution in [0.4, 0.5) is 11.4 Å². The first-order chi connectivity index (χ1) is 15.9. The van der Waals surface area contributed by atoms with Crippen LogP contribution in [0.5, 0.6) is 11.5 Å². The van der Waals surface area contributed by atoms with Crippen molar-refractivity contribution < 1.29 is 19.2 Å². The molecule has 0 aliphatic heterocycles. The molecule has 1 amide bonds. The van der Waals surface area contributed by atoms with Gasteiger partial charge in [0.2, 0.25) is 0 Å². The number of pyridine rings is 1. The predicted molar refractivity (Wildman–Crippen MR) is 126 cm³/mol. The molecular formula is C24H18ClN3O5. The number of hydrogen-bond acceptors (Lipinski definition) is 6. The lowest BCUT2D eigenvalue weighted by molar-refractivity contribution is -0.384. The Bertz CT molecular complexity index is 1390. The number of ether oxygens (including phenoxy) is 2. The van der Waals surface area contributed by atoms with Crippen molar-refractivity contribution in [2.24, 2.45) is 0 Å². The van der Waals surface area contributed by atoms with E-state index in [0.29, 0.717) is 39.2 Å². The van der Waals surface area contributed by atoms with Gasteiger partial charge in [-0.1, -0.05) is 29.8 Å². The van der Waals surface area contributed by atoms with Crippen LogP contribution in [-0.2, 0) is 0 Å². The summed E-state index contributed by atoms with van der Waals surface area (Å²) in [5, 5.41) is 14.4. The molecule has 1 aromatic heterocycles. The lowest BCUT2D eigenvalue weighted by atomic mass is 10.0. The standard InChI is InChI=1S/C24H18ClN3O5/c1-32-15-8-9-17(23(12-15)33-2)22-13-18(16-5-3-4-6-20(16)26-22)24(29)27-21-10-7-14(28(30)31)11-19(21)25/h3-13H,1-2H3,(H,27,29). The molecule has 0 atom stereocenters. The van der Waals surface area contributed by atoms with E-state index < -0.39 is 10.8 Å². The molecule has 0 unspecified atom stereocenters. The van der Waals surface area contributed by atoms with E-state index in [1.807, 2.05) is 24.3 Å². The van der Waals surface area contributed by atoms with Crippen LogP contribution < -0.4 is 14.8 Å². The first-order valence-corrected chi connectivity index (χ1v) is 10.2. The second kappa shape index (κ2) is 9.13. The normalized spacial score (nSPS) is 10.6. The molecule has 1 N–H and O–H groups in total. The zero-order valence-corrected chi connectivity index (χ0v) is 18.4. The quantitative estimate of drug-likeness (QED) is 0.289. The fraction of sp³-hybridized carbons (Fsp3) is 0.0833. The number of amides is 1. The Morgan fingerprint density at radius 1 is 1.03 bits per heavy atom. The Labute approximate surface area is 193 Å². The summed E-state index contributed by atoms with van der Waals surface area (Å²) in [6, 6.07) is 18.1. The first-order valence-electron chi connectivity index (χ1n) is 9.78. The number of nitrogens with one attached hydrogen (secondary N) is 1. The average molecular weight is 464 g/mol. The molecule has 33 heavy (non-hydrogen) atoms. The number of non-ortho nitro benzene ring substituents is 1. The Morgan fingerprint density at radius 3 is 2.52 bits per heavy atom. The second-order valence-electron chi connectivity index (χ2n) is 7.01. The maximum Gasteiger partial charge on any atom is 0.271 e. The molecule has 0 saturated heterocycles. The number of benzene rings is 3. The number of nitrogens with zero attached hydrogens (tertiary/aromatic N) is 2. The number of carbonyl (C=O) groups is 1. The van der Waals surface area contributed by atoms with Gasteiger partial charge in [-0.3, -0.25) is 14.9 Å². The summed E-state index contributed by atoms with van der Waals surface area (Å²) < 4.78 is 10.8. The van der Waals surface area contributed by atoms with Crippen LogP contribution in [0.15, 0.2) is 66.7 Å². The number of para-hydroxylation sites is 1. The SMILES string of the molecule is COc1ccc(-c2cc(C(=O)Nc3ccc([N+](=O)[O-])cc3Cl)c3ccccc3n2)c(OC)c1. The van der Waals surface area contributed by atoms with Crippen LogP contribution in [0.25, 0.3) is 22.2 Å². The minimum absolute atomic E-state index is 0.0629. The summed E-state index contributed by atoms with van der Waals surface area (Å²) in [4.78, 5) is 28.4. The molecule has 3 aromatic carbocycles. The largest absolute Gasteiger partial charge is 0.497 e. The van der Waals surface area contributed by atoms with Gasteiger partial charge >= 0.3 is 0 Å². The Morgan fingerprint density at radius 2 is 1.82 bits per heavy atom. The van der Waals surface area contributed by atoms with E-state index in [9.17, 15) is 14.9 Å². The van der Waals surface area contributed by atoms with Crippen LogP contribution in [0, 0.1) is 10.1 Å². The third-order valence-corrected chi connectivity index (χ3v) is 5.37. The topological polar surface area (TPSA) is 104 Å². The van der Waals surface area contributed by atoms with Gasteiger partial charge in [-0.25, -0.2) is 4.98 Å². The highest BCUT2D eigenvalue weighted by Crippen LogP contribution is 2.35. The lowest BCUT2D eigenvalue weighted by Crippen LogP contribution is -2.13. The highest BCUT2D eigenvalue weighted by molar-refractivity contribution is 6.34. The van der Waals surface area contributed by atoms with Gasteiger partial charge in [0.25, 0.3) is 11.6 Å². The van der Waals surface area contributed by atoms with Crippen molar-refractivity contribution in [1.29, 1.82) is 0 Å². The number of rotatable bonds is 6. The van der Waals surface area contributed by atoms with Gasteiger partial charge in [0.1, 0.15) is 11.5 Å². The molecule has 0 saturated carbocycles. The van der Waals surface area contributed by atoms with Crippen LogP contribution in [0.1, 0.15) is 10.4 Å². The van der Waals surface area contributed by atoms with Crippen molar-refractivity contribution in [2.45, 2.75) is 0 Å².